The second kappa shape index (κ2) is 6.19. The maximum absolute atomic E-state index is 12.1. The highest BCUT2D eigenvalue weighted by Crippen LogP contribution is 2.21. The lowest BCUT2D eigenvalue weighted by Gasteiger charge is -2.06. The van der Waals surface area contributed by atoms with E-state index in [9.17, 15) is 9.59 Å². The second-order valence-corrected chi connectivity index (χ2v) is 5.05. The molecule has 5 nitrogen and oxygen atoms in total. The predicted molar refractivity (Wildman–Crippen MR) is 89.1 cm³/mol. The summed E-state index contributed by atoms with van der Waals surface area (Å²) < 4.78 is 0. The van der Waals surface area contributed by atoms with Gasteiger partial charge in [-0.1, -0.05) is 30.3 Å². The summed E-state index contributed by atoms with van der Waals surface area (Å²) in [5, 5.41) is 2.84. The summed E-state index contributed by atoms with van der Waals surface area (Å²) in [6, 6.07) is 19.8. The van der Waals surface area contributed by atoms with Gasteiger partial charge in [0.2, 0.25) is 0 Å². The predicted octanol–water partition coefficient (Wildman–Crippen LogP) is 3.03. The number of aromatic nitrogens is 1. The van der Waals surface area contributed by atoms with E-state index in [2.05, 4.69) is 10.3 Å². The van der Waals surface area contributed by atoms with Crippen molar-refractivity contribution in [1.82, 2.24) is 4.98 Å². The number of hydrogen-bond donors (Lipinski definition) is 3. The zero-order valence-corrected chi connectivity index (χ0v) is 12.2. The standard InChI is InChI=1S/C18H15N3O2/c19-17(22)16-11-10-15(21-16)12-6-8-14(9-7-12)20-18(23)13-4-2-1-3-5-13/h1-11,21H,(H2,19,22)(H,20,23). The molecule has 0 unspecified atom stereocenters. The van der Waals surface area contributed by atoms with Crippen molar-refractivity contribution in [3.8, 4) is 11.3 Å². The van der Waals surface area contributed by atoms with E-state index < -0.39 is 5.91 Å². The van der Waals surface area contributed by atoms with Crippen molar-refractivity contribution in [2.45, 2.75) is 0 Å². The van der Waals surface area contributed by atoms with E-state index in [4.69, 9.17) is 5.73 Å². The quantitative estimate of drug-likeness (QED) is 0.691. The molecule has 1 heterocycles. The molecule has 0 radical (unpaired) electrons. The van der Waals surface area contributed by atoms with Gasteiger partial charge in [-0.3, -0.25) is 9.59 Å². The Morgan fingerprint density at radius 3 is 2.17 bits per heavy atom. The zero-order chi connectivity index (χ0) is 16.2. The number of primary amides is 1. The van der Waals surface area contributed by atoms with Gasteiger partial charge in [-0.15, -0.1) is 0 Å². The van der Waals surface area contributed by atoms with Gasteiger partial charge in [0.25, 0.3) is 11.8 Å². The molecule has 4 N–H and O–H groups in total. The smallest absolute Gasteiger partial charge is 0.265 e. The van der Waals surface area contributed by atoms with Gasteiger partial charge in [0, 0.05) is 16.9 Å². The fraction of sp³-hybridized carbons (Fsp3) is 0. The highest BCUT2D eigenvalue weighted by molar-refractivity contribution is 6.04. The molecule has 0 aliphatic carbocycles. The molecule has 3 rings (SSSR count). The Bertz CT molecular complexity index is 836. The van der Waals surface area contributed by atoms with Crippen LogP contribution in [0.3, 0.4) is 0 Å². The molecule has 23 heavy (non-hydrogen) atoms. The molecule has 5 heteroatoms. The number of aromatic amines is 1. The van der Waals surface area contributed by atoms with Crippen LogP contribution in [0.15, 0.2) is 66.7 Å². The van der Waals surface area contributed by atoms with Crippen molar-refractivity contribution >= 4 is 17.5 Å². The van der Waals surface area contributed by atoms with Crippen molar-refractivity contribution in [1.29, 1.82) is 0 Å². The van der Waals surface area contributed by atoms with E-state index >= 15 is 0 Å². The van der Waals surface area contributed by atoms with Crippen LogP contribution in [0.5, 0.6) is 0 Å². The fourth-order valence-corrected chi connectivity index (χ4v) is 2.23. The first kappa shape index (κ1) is 14.6. The molecule has 2 amide bonds. The van der Waals surface area contributed by atoms with Crippen molar-refractivity contribution in [2.24, 2.45) is 5.73 Å². The van der Waals surface area contributed by atoms with Gasteiger partial charge in [0.15, 0.2) is 0 Å². The molecule has 0 saturated carbocycles. The largest absolute Gasteiger partial charge is 0.364 e. The molecule has 2 aromatic carbocycles. The Labute approximate surface area is 133 Å². The zero-order valence-electron chi connectivity index (χ0n) is 12.2. The number of amides is 2. The molecule has 0 atom stereocenters. The Morgan fingerprint density at radius 1 is 0.870 bits per heavy atom. The van der Waals surface area contributed by atoms with Crippen LogP contribution in [0.25, 0.3) is 11.3 Å². The topological polar surface area (TPSA) is 88.0 Å². The Hall–Kier alpha value is -3.34. The third kappa shape index (κ3) is 3.29. The van der Waals surface area contributed by atoms with Gasteiger partial charge in [-0.25, -0.2) is 0 Å². The Balaban J connectivity index is 1.74. The molecule has 1 aromatic heterocycles. The molecule has 0 fully saturated rings. The number of nitrogens with two attached hydrogens (primary N) is 1. The number of H-pyrrole nitrogens is 1. The second-order valence-electron chi connectivity index (χ2n) is 5.05. The lowest BCUT2D eigenvalue weighted by molar-refractivity contribution is 0.0994. The maximum atomic E-state index is 12.1. The molecular weight excluding hydrogens is 290 g/mol. The van der Waals surface area contributed by atoms with Gasteiger partial charge in [-0.05, 0) is 42.0 Å². The average Bonchev–Trinajstić information content (AvgIpc) is 3.07. The van der Waals surface area contributed by atoms with Crippen LogP contribution in [-0.2, 0) is 0 Å². The fourth-order valence-electron chi connectivity index (χ4n) is 2.23. The first-order valence-electron chi connectivity index (χ1n) is 7.09. The van der Waals surface area contributed by atoms with Gasteiger partial charge >= 0.3 is 0 Å². The van der Waals surface area contributed by atoms with E-state index in [-0.39, 0.29) is 5.91 Å². The Morgan fingerprint density at radius 2 is 1.57 bits per heavy atom. The lowest BCUT2D eigenvalue weighted by Crippen LogP contribution is -2.11. The number of carbonyl (C=O) groups excluding carboxylic acids is 2. The van der Waals surface area contributed by atoms with Gasteiger partial charge < -0.3 is 16.0 Å². The first-order valence-corrected chi connectivity index (χ1v) is 7.09. The van der Waals surface area contributed by atoms with E-state index in [1.165, 1.54) is 0 Å². The molecule has 0 aliphatic heterocycles. The minimum absolute atomic E-state index is 0.158. The van der Waals surface area contributed by atoms with E-state index in [1.807, 2.05) is 30.3 Å². The number of benzene rings is 2. The summed E-state index contributed by atoms with van der Waals surface area (Å²) in [5.41, 5.74) is 8.58. The molecule has 0 spiro atoms. The van der Waals surface area contributed by atoms with Crippen LogP contribution in [0, 0.1) is 0 Å². The van der Waals surface area contributed by atoms with Crippen LogP contribution in [0.4, 0.5) is 5.69 Å². The summed E-state index contributed by atoms with van der Waals surface area (Å²) in [6.07, 6.45) is 0. The van der Waals surface area contributed by atoms with Gasteiger partial charge in [-0.2, -0.15) is 0 Å². The summed E-state index contributed by atoms with van der Waals surface area (Å²) in [4.78, 5) is 26.1. The van der Waals surface area contributed by atoms with E-state index in [1.54, 1.807) is 36.4 Å². The molecule has 114 valence electrons. The van der Waals surface area contributed by atoms with Crippen molar-refractivity contribution < 1.29 is 9.59 Å². The molecular formula is C18H15N3O2. The van der Waals surface area contributed by atoms with Gasteiger partial charge in [0.05, 0.1) is 0 Å². The minimum atomic E-state index is -0.497. The minimum Gasteiger partial charge on any atom is -0.364 e. The third-order valence-corrected chi connectivity index (χ3v) is 3.44. The highest BCUT2D eigenvalue weighted by Gasteiger charge is 2.07. The number of carbonyl (C=O) groups is 2. The van der Waals surface area contributed by atoms with Gasteiger partial charge in [0.1, 0.15) is 5.69 Å². The molecule has 0 saturated heterocycles. The van der Waals surface area contributed by atoms with Crippen molar-refractivity contribution in [3.63, 3.8) is 0 Å². The van der Waals surface area contributed by atoms with Crippen molar-refractivity contribution in [2.75, 3.05) is 5.32 Å². The van der Waals surface area contributed by atoms with E-state index in [0.717, 1.165) is 11.3 Å². The first-order chi connectivity index (χ1) is 11.1. The summed E-state index contributed by atoms with van der Waals surface area (Å²) in [6.45, 7) is 0. The lowest BCUT2D eigenvalue weighted by atomic mass is 10.1. The van der Waals surface area contributed by atoms with Crippen LogP contribution in [0.2, 0.25) is 0 Å². The Kier molecular flexibility index (Phi) is 3.93. The summed E-state index contributed by atoms with van der Waals surface area (Å²) in [7, 11) is 0. The van der Waals surface area contributed by atoms with Crippen molar-refractivity contribution in [3.05, 3.63) is 78.0 Å². The van der Waals surface area contributed by atoms with E-state index in [0.29, 0.717) is 16.9 Å². The maximum Gasteiger partial charge on any atom is 0.265 e. The van der Waals surface area contributed by atoms with Crippen LogP contribution in [-0.4, -0.2) is 16.8 Å². The normalized spacial score (nSPS) is 10.3. The summed E-state index contributed by atoms with van der Waals surface area (Å²) >= 11 is 0. The number of hydrogen-bond acceptors (Lipinski definition) is 2. The molecule has 0 aliphatic rings. The molecule has 3 aromatic rings. The van der Waals surface area contributed by atoms with Crippen LogP contribution < -0.4 is 11.1 Å². The van der Waals surface area contributed by atoms with Crippen LogP contribution in [0.1, 0.15) is 20.8 Å². The molecule has 0 bridgehead atoms. The monoisotopic (exact) mass is 305 g/mol. The van der Waals surface area contributed by atoms with Crippen LogP contribution >= 0.6 is 0 Å². The summed E-state index contributed by atoms with van der Waals surface area (Å²) in [5.74, 6) is -0.655. The SMILES string of the molecule is NC(=O)c1ccc(-c2ccc(NC(=O)c3ccccc3)cc2)[nH]1. The average molecular weight is 305 g/mol. The third-order valence-electron chi connectivity index (χ3n) is 3.44. The highest BCUT2D eigenvalue weighted by atomic mass is 16.2. The number of nitrogens with one attached hydrogen (secondary N) is 2. The number of anilines is 1. The number of rotatable bonds is 4.